The zero-order valence-electron chi connectivity index (χ0n) is 18.0. The van der Waals surface area contributed by atoms with Crippen LogP contribution in [0, 0.1) is 13.8 Å². The van der Waals surface area contributed by atoms with Crippen LogP contribution >= 0.6 is 0 Å². The van der Waals surface area contributed by atoms with Crippen LogP contribution in [-0.4, -0.2) is 28.6 Å². The fourth-order valence-electron chi connectivity index (χ4n) is 2.66. The van der Waals surface area contributed by atoms with Crippen LogP contribution in [0.4, 0.5) is 11.6 Å². The SMILES string of the molecule is CCCCOc1ccc(S(=O)(=O)Nc2ccc(S(=O)(=O)Nc3onc(C)c3C)cc2)cc1. The molecule has 0 unspecified atom stereocenters. The number of rotatable bonds is 10. The predicted molar refractivity (Wildman–Crippen MR) is 121 cm³/mol. The number of anilines is 2. The zero-order valence-corrected chi connectivity index (χ0v) is 19.6. The minimum atomic E-state index is -3.92. The molecule has 11 heteroatoms. The third kappa shape index (κ3) is 5.60. The van der Waals surface area contributed by atoms with Gasteiger partial charge in [-0.05, 0) is 68.8 Å². The Labute approximate surface area is 187 Å². The van der Waals surface area contributed by atoms with E-state index in [1.807, 2.05) is 0 Å². The molecule has 0 radical (unpaired) electrons. The van der Waals surface area contributed by atoms with Gasteiger partial charge in [-0.3, -0.25) is 4.72 Å². The van der Waals surface area contributed by atoms with Gasteiger partial charge >= 0.3 is 0 Å². The molecule has 0 amide bonds. The standard InChI is InChI=1S/C21H25N3O6S2/c1-4-5-14-29-18-8-12-20(13-9-18)31(25,26)23-17-6-10-19(11-7-17)32(27,28)24-21-15(2)16(3)22-30-21/h6-13,23-24H,4-5,14H2,1-3H3. The van der Waals surface area contributed by atoms with E-state index >= 15 is 0 Å². The van der Waals surface area contributed by atoms with Crippen LogP contribution in [0.15, 0.2) is 62.8 Å². The summed E-state index contributed by atoms with van der Waals surface area (Å²) in [5, 5.41) is 3.71. The summed E-state index contributed by atoms with van der Waals surface area (Å²) in [5.41, 5.74) is 1.38. The molecule has 2 N–H and O–H groups in total. The van der Waals surface area contributed by atoms with Gasteiger partial charge in [0.25, 0.3) is 20.0 Å². The fraction of sp³-hybridized carbons (Fsp3) is 0.286. The number of hydrogen-bond donors (Lipinski definition) is 2. The van der Waals surface area contributed by atoms with Crippen LogP contribution in [-0.2, 0) is 20.0 Å². The summed E-state index contributed by atoms with van der Waals surface area (Å²) in [4.78, 5) is 0.0114. The van der Waals surface area contributed by atoms with Crippen molar-refractivity contribution in [2.24, 2.45) is 0 Å². The molecule has 1 heterocycles. The van der Waals surface area contributed by atoms with Gasteiger partial charge in [-0.25, -0.2) is 21.6 Å². The molecule has 0 bridgehead atoms. The van der Waals surface area contributed by atoms with Crippen molar-refractivity contribution in [3.63, 3.8) is 0 Å². The Morgan fingerprint density at radius 1 is 0.875 bits per heavy atom. The Morgan fingerprint density at radius 2 is 1.44 bits per heavy atom. The number of nitrogens with one attached hydrogen (secondary N) is 2. The van der Waals surface area contributed by atoms with Crippen molar-refractivity contribution in [3.8, 4) is 5.75 Å². The molecule has 0 saturated heterocycles. The van der Waals surface area contributed by atoms with Crippen LogP contribution in [0.25, 0.3) is 0 Å². The number of aryl methyl sites for hydroxylation is 1. The molecule has 3 aromatic rings. The highest BCUT2D eigenvalue weighted by Gasteiger charge is 2.20. The van der Waals surface area contributed by atoms with Gasteiger partial charge in [-0.1, -0.05) is 18.5 Å². The predicted octanol–water partition coefficient (Wildman–Crippen LogP) is 4.07. The molecule has 0 spiro atoms. The summed E-state index contributed by atoms with van der Waals surface area (Å²) in [6.07, 6.45) is 1.92. The van der Waals surface area contributed by atoms with Crippen molar-refractivity contribution in [2.45, 2.75) is 43.4 Å². The fourth-order valence-corrected chi connectivity index (χ4v) is 4.76. The first-order valence-electron chi connectivity index (χ1n) is 9.94. The Bertz CT molecular complexity index is 1270. The number of aromatic nitrogens is 1. The second-order valence-corrected chi connectivity index (χ2v) is 10.5. The molecule has 2 aromatic carbocycles. The van der Waals surface area contributed by atoms with E-state index in [0.717, 1.165) is 12.8 Å². The van der Waals surface area contributed by atoms with E-state index < -0.39 is 20.0 Å². The molecule has 0 fully saturated rings. The van der Waals surface area contributed by atoms with E-state index in [-0.39, 0.29) is 21.4 Å². The summed E-state index contributed by atoms with van der Waals surface area (Å²) in [6, 6.07) is 11.4. The summed E-state index contributed by atoms with van der Waals surface area (Å²) in [6.45, 7) is 6.01. The monoisotopic (exact) mass is 479 g/mol. The molecule has 9 nitrogen and oxygen atoms in total. The van der Waals surface area contributed by atoms with E-state index in [9.17, 15) is 16.8 Å². The zero-order chi connectivity index (χ0) is 23.4. The van der Waals surface area contributed by atoms with Gasteiger partial charge in [0, 0.05) is 11.3 Å². The second-order valence-electron chi connectivity index (χ2n) is 7.13. The second kappa shape index (κ2) is 9.61. The summed E-state index contributed by atoms with van der Waals surface area (Å²) in [5.74, 6) is 0.631. The first kappa shape index (κ1) is 23.6. The molecule has 0 saturated carbocycles. The van der Waals surface area contributed by atoms with E-state index in [0.29, 0.717) is 23.6 Å². The average Bonchev–Trinajstić information content (AvgIpc) is 3.06. The van der Waals surface area contributed by atoms with E-state index in [2.05, 4.69) is 21.5 Å². The first-order chi connectivity index (χ1) is 15.1. The molecule has 0 aliphatic carbocycles. The number of benzene rings is 2. The minimum absolute atomic E-state index is 0.0365. The minimum Gasteiger partial charge on any atom is -0.494 e. The van der Waals surface area contributed by atoms with Gasteiger partial charge in [0.15, 0.2) is 0 Å². The summed E-state index contributed by atoms with van der Waals surface area (Å²) < 4.78 is 65.7. The number of hydrogen-bond acceptors (Lipinski definition) is 7. The van der Waals surface area contributed by atoms with E-state index in [1.54, 1.807) is 26.0 Å². The van der Waals surface area contributed by atoms with Gasteiger partial charge < -0.3 is 9.26 Å². The van der Waals surface area contributed by atoms with E-state index in [4.69, 9.17) is 9.26 Å². The molecule has 1 aromatic heterocycles. The lowest BCUT2D eigenvalue weighted by Crippen LogP contribution is -2.14. The van der Waals surface area contributed by atoms with Gasteiger partial charge in [0.2, 0.25) is 5.88 Å². The van der Waals surface area contributed by atoms with Gasteiger partial charge in [-0.15, -0.1) is 0 Å². The lowest BCUT2D eigenvalue weighted by molar-refractivity contribution is 0.309. The Kier molecular flexibility index (Phi) is 7.09. The maximum Gasteiger partial charge on any atom is 0.264 e. The Morgan fingerprint density at radius 3 is 1.97 bits per heavy atom. The summed E-state index contributed by atoms with van der Waals surface area (Å²) >= 11 is 0. The van der Waals surface area contributed by atoms with Crippen LogP contribution in [0.2, 0.25) is 0 Å². The lowest BCUT2D eigenvalue weighted by Gasteiger charge is -2.11. The maximum atomic E-state index is 12.6. The van der Waals surface area contributed by atoms with Crippen molar-refractivity contribution in [1.29, 1.82) is 0 Å². The molecule has 0 aliphatic rings. The quantitative estimate of drug-likeness (QED) is 0.420. The Hall–Kier alpha value is -3.05. The first-order valence-corrected chi connectivity index (χ1v) is 12.9. The lowest BCUT2D eigenvalue weighted by atomic mass is 10.3. The van der Waals surface area contributed by atoms with Crippen LogP contribution in [0.5, 0.6) is 5.75 Å². The molecule has 172 valence electrons. The molecular formula is C21H25N3O6S2. The number of sulfonamides is 2. The number of nitrogens with zero attached hydrogens (tertiary/aromatic N) is 1. The van der Waals surface area contributed by atoms with Gasteiger partial charge in [0.1, 0.15) is 5.75 Å². The van der Waals surface area contributed by atoms with E-state index in [1.165, 1.54) is 36.4 Å². The maximum absolute atomic E-state index is 12.6. The van der Waals surface area contributed by atoms with Crippen molar-refractivity contribution in [1.82, 2.24) is 5.16 Å². The highest BCUT2D eigenvalue weighted by molar-refractivity contribution is 7.93. The number of ether oxygens (including phenoxy) is 1. The van der Waals surface area contributed by atoms with Crippen molar-refractivity contribution >= 4 is 31.6 Å². The van der Waals surface area contributed by atoms with Gasteiger partial charge in [0.05, 0.1) is 22.1 Å². The van der Waals surface area contributed by atoms with Crippen molar-refractivity contribution in [3.05, 3.63) is 59.8 Å². The van der Waals surface area contributed by atoms with Crippen molar-refractivity contribution in [2.75, 3.05) is 16.1 Å². The van der Waals surface area contributed by atoms with Crippen LogP contribution in [0.3, 0.4) is 0 Å². The molecule has 32 heavy (non-hydrogen) atoms. The average molecular weight is 480 g/mol. The van der Waals surface area contributed by atoms with Crippen LogP contribution in [0.1, 0.15) is 31.0 Å². The smallest absolute Gasteiger partial charge is 0.264 e. The third-order valence-electron chi connectivity index (χ3n) is 4.70. The van der Waals surface area contributed by atoms with Crippen LogP contribution < -0.4 is 14.2 Å². The topological polar surface area (TPSA) is 128 Å². The van der Waals surface area contributed by atoms with Crippen molar-refractivity contribution < 1.29 is 26.1 Å². The van der Waals surface area contributed by atoms with Gasteiger partial charge in [-0.2, -0.15) is 0 Å². The molecule has 3 rings (SSSR count). The molecule has 0 aliphatic heterocycles. The largest absolute Gasteiger partial charge is 0.494 e. The summed E-state index contributed by atoms with van der Waals surface area (Å²) in [7, 11) is -7.77. The molecular weight excluding hydrogens is 454 g/mol. The number of unbranched alkanes of at least 4 members (excludes halogenated alkanes) is 1. The normalized spacial score (nSPS) is 11.8. The molecule has 0 atom stereocenters. The Balaban J connectivity index is 1.69. The third-order valence-corrected chi connectivity index (χ3v) is 7.45. The highest BCUT2D eigenvalue weighted by Crippen LogP contribution is 2.24. The highest BCUT2D eigenvalue weighted by atomic mass is 32.2.